The predicted octanol–water partition coefficient (Wildman–Crippen LogP) is 4.07. The van der Waals surface area contributed by atoms with Crippen LogP contribution in [0.15, 0.2) is 45.3 Å². The number of benzene rings is 1. The van der Waals surface area contributed by atoms with E-state index in [1.54, 1.807) is 34.1 Å². The zero-order valence-electron chi connectivity index (χ0n) is 19.1. The van der Waals surface area contributed by atoms with Crippen LogP contribution in [0.5, 0.6) is 0 Å². The topological polar surface area (TPSA) is 43.9 Å². The lowest BCUT2D eigenvalue weighted by Gasteiger charge is -2.57. The summed E-state index contributed by atoms with van der Waals surface area (Å²) >= 11 is 3.37. The summed E-state index contributed by atoms with van der Waals surface area (Å²) in [4.78, 5) is 5.35. The Bertz CT molecular complexity index is 905. The van der Waals surface area contributed by atoms with Gasteiger partial charge in [-0.05, 0) is 60.9 Å². The predicted molar refractivity (Wildman–Crippen MR) is 130 cm³/mol. The van der Waals surface area contributed by atoms with E-state index in [-0.39, 0.29) is 0 Å². The van der Waals surface area contributed by atoms with Gasteiger partial charge >= 0.3 is 0 Å². The highest BCUT2D eigenvalue weighted by Gasteiger charge is 2.51. The number of nitrogens with zero attached hydrogens (tertiary/aromatic N) is 3. The fourth-order valence-electron chi connectivity index (χ4n) is 5.49. The lowest BCUT2D eigenvalue weighted by molar-refractivity contribution is -0.0107. The van der Waals surface area contributed by atoms with Gasteiger partial charge in [0.2, 0.25) is 10.0 Å². The van der Waals surface area contributed by atoms with E-state index in [4.69, 9.17) is 0 Å². The van der Waals surface area contributed by atoms with Crippen molar-refractivity contribution in [2.24, 2.45) is 17.3 Å². The number of rotatable bonds is 8. The molecular weight excluding hydrogens is 474 g/mol. The number of piperazine rings is 1. The van der Waals surface area contributed by atoms with E-state index in [9.17, 15) is 8.42 Å². The number of hydrogen-bond donors (Lipinski definition) is 0. The lowest BCUT2D eigenvalue weighted by Crippen LogP contribution is -2.51. The number of fused-ring (bicyclic) bond motifs is 1. The molecule has 1 aromatic carbocycles. The van der Waals surface area contributed by atoms with Gasteiger partial charge in [0.1, 0.15) is 0 Å². The molecule has 3 aliphatic carbocycles. The fourth-order valence-corrected chi connectivity index (χ4v) is 7.18. The van der Waals surface area contributed by atoms with Crippen LogP contribution in [0.3, 0.4) is 0 Å². The van der Waals surface area contributed by atoms with Gasteiger partial charge in [-0.1, -0.05) is 48.4 Å². The van der Waals surface area contributed by atoms with Gasteiger partial charge in [-0.3, -0.25) is 9.80 Å². The maximum Gasteiger partial charge on any atom is 0.243 e. The van der Waals surface area contributed by atoms with E-state index in [0.717, 1.165) is 55.6 Å². The second-order valence-electron chi connectivity index (χ2n) is 9.89. The second-order valence-corrected chi connectivity index (χ2v) is 12.7. The molecule has 4 aliphatic rings. The van der Waals surface area contributed by atoms with Gasteiger partial charge in [0.25, 0.3) is 0 Å². The lowest BCUT2D eigenvalue weighted by atomic mass is 9.49. The van der Waals surface area contributed by atoms with Gasteiger partial charge in [0.15, 0.2) is 0 Å². The van der Waals surface area contributed by atoms with E-state index >= 15 is 0 Å². The van der Waals surface area contributed by atoms with Crippen molar-refractivity contribution in [3.8, 4) is 0 Å². The molecule has 0 spiro atoms. The Morgan fingerprint density at radius 3 is 2.39 bits per heavy atom. The number of sulfonamides is 1. The van der Waals surface area contributed by atoms with E-state index < -0.39 is 10.0 Å². The summed E-state index contributed by atoms with van der Waals surface area (Å²) in [5.41, 5.74) is 2.14. The van der Waals surface area contributed by atoms with Crippen molar-refractivity contribution in [3.05, 3.63) is 40.4 Å². The molecule has 1 saturated heterocycles. The summed E-state index contributed by atoms with van der Waals surface area (Å²) in [5, 5.41) is 0. The van der Waals surface area contributed by atoms with Crippen molar-refractivity contribution < 1.29 is 8.42 Å². The van der Waals surface area contributed by atoms with Crippen LogP contribution < -0.4 is 0 Å². The molecule has 31 heavy (non-hydrogen) atoms. The molecule has 5 rings (SSSR count). The van der Waals surface area contributed by atoms with Crippen molar-refractivity contribution in [3.63, 3.8) is 0 Å². The fraction of sp³-hybridized carbons (Fsp3) is 0.667. The van der Waals surface area contributed by atoms with Gasteiger partial charge in [-0.15, -0.1) is 0 Å². The summed E-state index contributed by atoms with van der Waals surface area (Å²) in [5.74, 6) is 1.66. The maximum atomic E-state index is 12.9. The smallest absolute Gasteiger partial charge is 0.243 e. The van der Waals surface area contributed by atoms with Crippen molar-refractivity contribution in [2.75, 3.05) is 52.4 Å². The van der Waals surface area contributed by atoms with Gasteiger partial charge in [-0.2, -0.15) is 4.31 Å². The summed E-state index contributed by atoms with van der Waals surface area (Å²) in [6.07, 6.45) is 5.15. The first-order valence-corrected chi connectivity index (χ1v) is 13.8. The number of hydrogen-bond acceptors (Lipinski definition) is 4. The Morgan fingerprint density at radius 2 is 1.81 bits per heavy atom. The van der Waals surface area contributed by atoms with Crippen LogP contribution in [0.25, 0.3) is 0 Å². The van der Waals surface area contributed by atoms with Crippen molar-refractivity contribution in [2.45, 2.75) is 38.5 Å². The molecule has 0 radical (unpaired) electrons. The number of allylic oxidation sites excluding steroid dienone is 1. The molecule has 172 valence electrons. The Labute approximate surface area is 196 Å². The van der Waals surface area contributed by atoms with Crippen LogP contribution in [0.2, 0.25) is 0 Å². The minimum absolute atomic E-state index is 0.378. The van der Waals surface area contributed by atoms with E-state index in [1.165, 1.54) is 12.8 Å². The number of halogens is 1. The quantitative estimate of drug-likeness (QED) is 0.495. The van der Waals surface area contributed by atoms with Crippen molar-refractivity contribution in [1.29, 1.82) is 0 Å². The molecule has 0 N–H and O–H groups in total. The first kappa shape index (κ1) is 23.4. The van der Waals surface area contributed by atoms with Gasteiger partial charge < -0.3 is 0 Å². The summed E-state index contributed by atoms with van der Waals surface area (Å²) < 4.78 is 28.3. The van der Waals surface area contributed by atoms with E-state index in [1.807, 2.05) is 0 Å². The highest BCUT2D eigenvalue weighted by molar-refractivity contribution is 9.10. The molecule has 5 nitrogen and oxygen atoms in total. The maximum absolute atomic E-state index is 12.9. The number of likely N-dealkylation sites (N-methyl/N-ethyl adjacent to an activating group) is 1. The minimum atomic E-state index is -3.40. The van der Waals surface area contributed by atoms with Crippen molar-refractivity contribution in [1.82, 2.24) is 14.1 Å². The zero-order valence-corrected chi connectivity index (χ0v) is 21.5. The Morgan fingerprint density at radius 1 is 1.13 bits per heavy atom. The second kappa shape index (κ2) is 9.26. The molecule has 2 bridgehead atoms. The standard InChI is InChI=1S/C24H36BrN3O2S/c1-4-26(18-19-5-6-20-17-23(19)24(20,2)3)11-12-27-13-15-28(16-14-27)31(29,30)22-9-7-21(25)8-10-22/h5,7-10,20,23H,4,6,11-18H2,1-3H3. The molecule has 0 aromatic heterocycles. The average Bonchev–Trinajstić information content (AvgIpc) is 2.77. The Kier molecular flexibility index (Phi) is 7.00. The largest absolute Gasteiger partial charge is 0.299 e. The summed E-state index contributed by atoms with van der Waals surface area (Å²) in [7, 11) is -3.40. The molecule has 2 fully saturated rings. The van der Waals surface area contributed by atoms with Gasteiger partial charge in [-0.25, -0.2) is 8.42 Å². The third-order valence-electron chi connectivity index (χ3n) is 7.95. The van der Waals surface area contributed by atoms with Crippen LogP contribution in [0, 0.1) is 17.3 Å². The van der Waals surface area contributed by atoms with Crippen LogP contribution in [0.4, 0.5) is 0 Å². The summed E-state index contributed by atoms with van der Waals surface area (Å²) in [6.45, 7) is 14.1. The molecule has 7 heteroatoms. The van der Waals surface area contributed by atoms with E-state index in [2.05, 4.69) is 52.6 Å². The molecule has 1 aliphatic heterocycles. The highest BCUT2D eigenvalue weighted by Crippen LogP contribution is 2.59. The molecular formula is C24H36BrN3O2S. The van der Waals surface area contributed by atoms with Crippen LogP contribution in [0.1, 0.15) is 33.6 Å². The molecule has 2 unspecified atom stereocenters. The SMILES string of the molecule is CCN(CCN1CCN(S(=O)(=O)c2ccc(Br)cc2)CC1)CC1=CCC2CC1C2(C)C. The van der Waals surface area contributed by atoms with Crippen LogP contribution in [-0.2, 0) is 10.0 Å². The first-order chi connectivity index (χ1) is 14.7. The summed E-state index contributed by atoms with van der Waals surface area (Å²) in [6, 6.07) is 6.93. The zero-order chi connectivity index (χ0) is 22.2. The minimum Gasteiger partial charge on any atom is -0.299 e. The highest BCUT2D eigenvalue weighted by atomic mass is 79.9. The molecule has 1 heterocycles. The normalized spacial score (nSPS) is 26.5. The molecule has 0 amide bonds. The van der Waals surface area contributed by atoms with Crippen molar-refractivity contribution >= 4 is 26.0 Å². The van der Waals surface area contributed by atoms with Gasteiger partial charge in [0.05, 0.1) is 4.90 Å². The molecule has 2 atom stereocenters. The Balaban J connectivity index is 1.26. The first-order valence-electron chi connectivity index (χ1n) is 11.6. The molecule has 1 saturated carbocycles. The average molecular weight is 511 g/mol. The third kappa shape index (κ3) is 4.81. The van der Waals surface area contributed by atoms with Crippen LogP contribution in [-0.4, -0.2) is 74.9 Å². The Hall–Kier alpha value is -0.730. The van der Waals surface area contributed by atoms with Gasteiger partial charge in [0, 0.05) is 50.3 Å². The van der Waals surface area contributed by atoms with E-state index in [0.29, 0.717) is 23.4 Å². The third-order valence-corrected chi connectivity index (χ3v) is 10.4. The van der Waals surface area contributed by atoms with Crippen LogP contribution >= 0.6 is 15.9 Å². The molecule has 1 aromatic rings. The monoisotopic (exact) mass is 509 g/mol.